The Balaban J connectivity index is 1.69. The second-order valence-corrected chi connectivity index (χ2v) is 6.37. The summed E-state index contributed by atoms with van der Waals surface area (Å²) in [6.07, 6.45) is 0. The van der Waals surface area contributed by atoms with Crippen LogP contribution in [0.15, 0.2) is 36.4 Å². The van der Waals surface area contributed by atoms with Gasteiger partial charge in [0.1, 0.15) is 5.75 Å². The molecule has 1 saturated heterocycles. The summed E-state index contributed by atoms with van der Waals surface area (Å²) in [5, 5.41) is 0. The molecular weight excluding hydrogens is 365 g/mol. The molecule has 0 atom stereocenters. The third-order valence-corrected chi connectivity index (χ3v) is 4.72. The van der Waals surface area contributed by atoms with Crippen molar-refractivity contribution in [3.05, 3.63) is 53.3 Å². The maximum absolute atomic E-state index is 14.4. The largest absolute Gasteiger partial charge is 0.496 e. The van der Waals surface area contributed by atoms with Crippen molar-refractivity contribution in [2.75, 3.05) is 46.1 Å². The molecular formula is C20H22FN3O4. The van der Waals surface area contributed by atoms with Crippen LogP contribution >= 0.6 is 0 Å². The van der Waals surface area contributed by atoms with Gasteiger partial charge in [0.2, 0.25) is 0 Å². The molecule has 0 aromatic heterocycles. The number of methoxy groups -OCH3 is 2. The van der Waals surface area contributed by atoms with Crippen molar-refractivity contribution in [1.82, 2.24) is 9.80 Å². The lowest BCUT2D eigenvalue weighted by molar-refractivity contribution is 0.0530. The normalized spacial score (nSPS) is 14.0. The Kier molecular flexibility index (Phi) is 5.67. The number of hydrogen-bond acceptors (Lipinski definition) is 5. The third kappa shape index (κ3) is 3.71. The fraction of sp³-hybridized carbons (Fsp3) is 0.300. The Morgan fingerprint density at radius 3 is 2.04 bits per heavy atom. The summed E-state index contributed by atoms with van der Waals surface area (Å²) in [7, 11) is 2.83. The number of piperazine rings is 1. The van der Waals surface area contributed by atoms with Crippen molar-refractivity contribution >= 4 is 17.5 Å². The first-order chi connectivity index (χ1) is 13.5. The van der Waals surface area contributed by atoms with Crippen LogP contribution in [0.4, 0.5) is 10.1 Å². The van der Waals surface area contributed by atoms with E-state index in [0.29, 0.717) is 43.2 Å². The Morgan fingerprint density at radius 1 is 0.893 bits per heavy atom. The average Bonchev–Trinajstić information content (AvgIpc) is 2.73. The second-order valence-electron chi connectivity index (χ2n) is 6.37. The Bertz CT molecular complexity index is 895. The monoisotopic (exact) mass is 387 g/mol. The smallest absolute Gasteiger partial charge is 0.257 e. The van der Waals surface area contributed by atoms with Crippen LogP contribution in [0.1, 0.15) is 20.7 Å². The minimum absolute atomic E-state index is 0.0232. The number of nitrogens with two attached hydrogens (primary N) is 1. The van der Waals surface area contributed by atoms with E-state index in [1.54, 1.807) is 29.2 Å². The quantitative estimate of drug-likeness (QED) is 0.812. The van der Waals surface area contributed by atoms with E-state index in [1.807, 2.05) is 0 Å². The van der Waals surface area contributed by atoms with Crippen molar-refractivity contribution < 1.29 is 23.5 Å². The molecule has 1 aliphatic rings. The molecule has 28 heavy (non-hydrogen) atoms. The van der Waals surface area contributed by atoms with Crippen molar-refractivity contribution in [3.8, 4) is 11.5 Å². The lowest BCUT2D eigenvalue weighted by Gasteiger charge is -2.35. The van der Waals surface area contributed by atoms with Gasteiger partial charge in [-0.25, -0.2) is 4.39 Å². The molecule has 3 rings (SSSR count). The highest BCUT2D eigenvalue weighted by atomic mass is 19.1. The maximum atomic E-state index is 14.4. The summed E-state index contributed by atoms with van der Waals surface area (Å²) in [6.45, 7) is 1.28. The molecule has 2 aromatic rings. The first-order valence-electron chi connectivity index (χ1n) is 8.80. The molecule has 1 fully saturated rings. The number of nitrogen functional groups attached to an aromatic ring is 1. The zero-order valence-corrected chi connectivity index (χ0v) is 15.8. The van der Waals surface area contributed by atoms with Gasteiger partial charge in [0.25, 0.3) is 11.8 Å². The van der Waals surface area contributed by atoms with Crippen molar-refractivity contribution in [3.63, 3.8) is 0 Å². The van der Waals surface area contributed by atoms with Crippen LogP contribution in [0.25, 0.3) is 0 Å². The van der Waals surface area contributed by atoms with Gasteiger partial charge >= 0.3 is 0 Å². The number of ether oxygens (including phenoxy) is 2. The predicted molar refractivity (Wildman–Crippen MR) is 102 cm³/mol. The number of halogens is 1. The summed E-state index contributed by atoms with van der Waals surface area (Å²) in [6, 6.07) is 9.32. The highest BCUT2D eigenvalue weighted by Gasteiger charge is 2.28. The third-order valence-electron chi connectivity index (χ3n) is 4.72. The summed E-state index contributed by atoms with van der Waals surface area (Å²) in [5.74, 6) is -0.873. The average molecular weight is 387 g/mol. The number of carbonyl (C=O) groups is 2. The zero-order chi connectivity index (χ0) is 20.3. The van der Waals surface area contributed by atoms with Crippen molar-refractivity contribution in [1.29, 1.82) is 0 Å². The Morgan fingerprint density at radius 2 is 1.46 bits per heavy atom. The first-order valence-corrected chi connectivity index (χ1v) is 8.80. The molecule has 2 amide bonds. The SMILES string of the molecule is COc1cc(N)ccc1C(=O)N1CCN(C(=O)c2cccc(OC)c2F)CC1. The molecule has 2 N–H and O–H groups in total. The molecule has 8 heteroatoms. The van der Waals surface area contributed by atoms with Crippen LogP contribution in [-0.2, 0) is 0 Å². The second kappa shape index (κ2) is 8.16. The van der Waals surface area contributed by atoms with Crippen molar-refractivity contribution in [2.45, 2.75) is 0 Å². The number of anilines is 1. The van der Waals surface area contributed by atoms with Crippen LogP contribution < -0.4 is 15.2 Å². The number of amides is 2. The first kappa shape index (κ1) is 19.5. The van der Waals surface area contributed by atoms with Gasteiger partial charge in [0.05, 0.1) is 25.3 Å². The molecule has 2 aromatic carbocycles. The minimum atomic E-state index is -0.680. The molecule has 0 saturated carbocycles. The van der Waals surface area contributed by atoms with E-state index in [2.05, 4.69) is 0 Å². The minimum Gasteiger partial charge on any atom is -0.496 e. The Hall–Kier alpha value is -3.29. The molecule has 148 valence electrons. The van der Waals surface area contributed by atoms with Crippen LogP contribution in [0.2, 0.25) is 0 Å². The standard InChI is InChI=1S/C20H22FN3O4/c1-27-16-5-3-4-15(18(16)21)20(26)24-10-8-23(9-11-24)19(25)14-7-6-13(22)12-17(14)28-2/h3-7,12H,8-11,22H2,1-2H3. The van der Waals surface area contributed by atoms with E-state index >= 15 is 0 Å². The molecule has 0 aliphatic carbocycles. The number of hydrogen-bond donors (Lipinski definition) is 1. The van der Waals surface area contributed by atoms with E-state index < -0.39 is 11.7 Å². The van der Waals surface area contributed by atoms with Crippen LogP contribution in [0, 0.1) is 5.82 Å². The number of rotatable bonds is 4. The van der Waals surface area contributed by atoms with Gasteiger partial charge in [-0.05, 0) is 24.3 Å². The molecule has 0 unspecified atom stereocenters. The lowest BCUT2D eigenvalue weighted by Crippen LogP contribution is -2.50. The molecule has 7 nitrogen and oxygen atoms in total. The van der Waals surface area contributed by atoms with Crippen molar-refractivity contribution in [2.24, 2.45) is 0 Å². The fourth-order valence-corrected chi connectivity index (χ4v) is 3.17. The van der Waals surface area contributed by atoms with Gasteiger partial charge in [0.15, 0.2) is 11.6 Å². The van der Waals surface area contributed by atoms with Gasteiger partial charge < -0.3 is 25.0 Å². The van der Waals surface area contributed by atoms with E-state index in [4.69, 9.17) is 15.2 Å². The van der Waals surface area contributed by atoms with Gasteiger partial charge in [-0.3, -0.25) is 9.59 Å². The van der Waals surface area contributed by atoms with Gasteiger partial charge in [-0.1, -0.05) is 6.07 Å². The number of nitrogens with zero attached hydrogens (tertiary/aromatic N) is 2. The van der Waals surface area contributed by atoms with E-state index in [9.17, 15) is 14.0 Å². The van der Waals surface area contributed by atoms with E-state index in [0.717, 1.165) is 0 Å². The van der Waals surface area contributed by atoms with Crippen LogP contribution in [0.5, 0.6) is 11.5 Å². The summed E-state index contributed by atoms with van der Waals surface area (Å²) in [5.41, 5.74) is 6.61. The topological polar surface area (TPSA) is 85.1 Å². The molecule has 0 spiro atoms. The summed E-state index contributed by atoms with van der Waals surface area (Å²) in [4.78, 5) is 28.6. The fourth-order valence-electron chi connectivity index (χ4n) is 3.17. The molecule has 1 heterocycles. The highest BCUT2D eigenvalue weighted by Crippen LogP contribution is 2.25. The van der Waals surface area contributed by atoms with Gasteiger partial charge in [0, 0.05) is 37.9 Å². The number of benzene rings is 2. The Labute approximate surface area is 162 Å². The summed E-state index contributed by atoms with van der Waals surface area (Å²) >= 11 is 0. The van der Waals surface area contributed by atoms with E-state index in [-0.39, 0.29) is 17.2 Å². The molecule has 0 bridgehead atoms. The van der Waals surface area contributed by atoms with E-state index in [1.165, 1.54) is 31.3 Å². The zero-order valence-electron chi connectivity index (χ0n) is 15.8. The number of carbonyl (C=O) groups excluding carboxylic acids is 2. The van der Waals surface area contributed by atoms with Gasteiger partial charge in [-0.15, -0.1) is 0 Å². The van der Waals surface area contributed by atoms with Crippen LogP contribution in [-0.4, -0.2) is 62.0 Å². The van der Waals surface area contributed by atoms with Gasteiger partial charge in [-0.2, -0.15) is 0 Å². The highest BCUT2D eigenvalue weighted by molar-refractivity contribution is 5.98. The summed E-state index contributed by atoms with van der Waals surface area (Å²) < 4.78 is 24.5. The van der Waals surface area contributed by atoms with Crippen LogP contribution in [0.3, 0.4) is 0 Å². The lowest BCUT2D eigenvalue weighted by atomic mass is 10.1. The molecule has 1 aliphatic heterocycles. The maximum Gasteiger partial charge on any atom is 0.257 e. The molecule has 0 radical (unpaired) electrons. The predicted octanol–water partition coefficient (Wildman–Crippen LogP) is 2.02.